The Bertz CT molecular complexity index is 2200. The Morgan fingerprint density at radius 1 is 0.510 bits per heavy atom. The van der Waals surface area contributed by atoms with Crippen LogP contribution in [0.4, 0.5) is 10.0 Å². The average molecular weight is 703 g/mol. The van der Waals surface area contributed by atoms with E-state index < -0.39 is 0 Å². The highest BCUT2D eigenvalue weighted by Gasteiger charge is 2.24. The van der Waals surface area contributed by atoms with Gasteiger partial charge in [0.15, 0.2) is 0 Å². The molecular weight excluding hydrogens is 669 g/mol. The molecule has 51 heavy (non-hydrogen) atoms. The number of nitrogens with one attached hydrogen (secondary N) is 2. The average Bonchev–Trinajstić information content (AvgIpc) is 3.77. The summed E-state index contributed by atoms with van der Waals surface area (Å²) >= 11 is 2.79. The number of aromatic nitrogens is 2. The van der Waals surface area contributed by atoms with Crippen molar-refractivity contribution in [1.29, 1.82) is 0 Å². The minimum atomic E-state index is -0.215. The predicted molar refractivity (Wildman–Crippen MR) is 212 cm³/mol. The van der Waals surface area contributed by atoms with Crippen LogP contribution in [0, 0.1) is 20.8 Å². The fourth-order valence-corrected chi connectivity index (χ4v) is 7.49. The van der Waals surface area contributed by atoms with Gasteiger partial charge in [0.25, 0.3) is 11.8 Å². The van der Waals surface area contributed by atoms with Gasteiger partial charge in [-0.1, -0.05) is 149 Å². The first-order chi connectivity index (χ1) is 24.8. The monoisotopic (exact) mass is 702 g/mol. The maximum absolute atomic E-state index is 13.5. The summed E-state index contributed by atoms with van der Waals surface area (Å²) in [7, 11) is 0. The lowest BCUT2D eigenvalue weighted by Crippen LogP contribution is -2.11. The van der Waals surface area contributed by atoms with Crippen LogP contribution in [0.3, 0.4) is 0 Å². The largest absolute Gasteiger partial charge is 0.312 e. The first-order valence-electron chi connectivity index (χ1n) is 16.5. The lowest BCUT2D eigenvalue weighted by atomic mass is 10.1. The first-order valence-corrected chi connectivity index (χ1v) is 18.1. The normalized spacial score (nSPS) is 10.8. The molecule has 0 aliphatic carbocycles. The zero-order valence-electron chi connectivity index (χ0n) is 28.3. The van der Waals surface area contributed by atoms with Crippen LogP contribution in [0.2, 0.25) is 0 Å². The van der Waals surface area contributed by atoms with Crippen molar-refractivity contribution in [2.75, 3.05) is 10.6 Å². The molecule has 0 saturated heterocycles. The molecule has 6 nitrogen and oxygen atoms in total. The SMILES string of the molecule is Cc1ccc(C=C(c2nc(-c3ccccc3)c(NC(=O)c3ccc(C)cc3)s2)c2nc(-c3ccccc3)c(NC(=O)c3ccc(C)cc3)s2)cc1. The van der Waals surface area contributed by atoms with E-state index in [1.54, 1.807) is 0 Å². The number of amides is 2. The van der Waals surface area contributed by atoms with Crippen LogP contribution in [0.1, 0.15) is 53.0 Å². The highest BCUT2D eigenvalue weighted by molar-refractivity contribution is 7.20. The molecular formula is C43H34N4O2S2. The molecule has 2 heterocycles. The fraction of sp³-hybridized carbons (Fsp3) is 0.0698. The van der Waals surface area contributed by atoms with Crippen molar-refractivity contribution >= 4 is 56.1 Å². The van der Waals surface area contributed by atoms with Crippen LogP contribution >= 0.6 is 22.7 Å². The molecule has 7 aromatic rings. The highest BCUT2D eigenvalue weighted by Crippen LogP contribution is 2.43. The van der Waals surface area contributed by atoms with Gasteiger partial charge in [-0.2, -0.15) is 0 Å². The summed E-state index contributed by atoms with van der Waals surface area (Å²) in [4.78, 5) is 37.4. The third kappa shape index (κ3) is 7.78. The molecule has 0 fully saturated rings. The summed E-state index contributed by atoms with van der Waals surface area (Å²) in [5, 5.41) is 8.91. The van der Waals surface area contributed by atoms with E-state index in [1.807, 2.05) is 123 Å². The second kappa shape index (κ2) is 14.9. The topological polar surface area (TPSA) is 84.0 Å². The Morgan fingerprint density at radius 3 is 1.27 bits per heavy atom. The van der Waals surface area contributed by atoms with E-state index in [4.69, 9.17) is 9.97 Å². The van der Waals surface area contributed by atoms with Crippen molar-refractivity contribution in [3.05, 3.63) is 177 Å². The van der Waals surface area contributed by atoms with Gasteiger partial charge < -0.3 is 10.6 Å². The minimum Gasteiger partial charge on any atom is -0.312 e. The van der Waals surface area contributed by atoms with Crippen molar-refractivity contribution in [3.8, 4) is 22.5 Å². The predicted octanol–water partition coefficient (Wildman–Crippen LogP) is 11.0. The molecule has 7 rings (SSSR count). The summed E-state index contributed by atoms with van der Waals surface area (Å²) in [5.74, 6) is -0.429. The number of carbonyl (C=O) groups excluding carboxylic acids is 2. The molecule has 0 atom stereocenters. The summed E-state index contributed by atoms with van der Waals surface area (Å²) in [5.41, 5.74) is 9.26. The van der Waals surface area contributed by atoms with Gasteiger partial charge in [0.05, 0.1) is 0 Å². The Kier molecular flexibility index (Phi) is 9.78. The van der Waals surface area contributed by atoms with E-state index in [-0.39, 0.29) is 11.8 Å². The van der Waals surface area contributed by atoms with E-state index in [0.29, 0.717) is 42.5 Å². The molecule has 5 aromatic carbocycles. The van der Waals surface area contributed by atoms with Crippen molar-refractivity contribution in [3.63, 3.8) is 0 Å². The quantitative estimate of drug-likeness (QED) is 0.157. The Balaban J connectivity index is 1.37. The number of rotatable bonds is 9. The smallest absolute Gasteiger partial charge is 0.256 e. The molecule has 0 aliphatic heterocycles. The molecule has 8 heteroatoms. The number of hydrogen-bond acceptors (Lipinski definition) is 6. The van der Waals surface area contributed by atoms with E-state index in [1.165, 1.54) is 22.7 Å². The van der Waals surface area contributed by atoms with Crippen LogP contribution in [0.25, 0.3) is 34.2 Å². The van der Waals surface area contributed by atoms with Crippen LogP contribution in [0.15, 0.2) is 133 Å². The number of hydrogen-bond donors (Lipinski definition) is 2. The molecule has 0 aliphatic rings. The molecule has 2 N–H and O–H groups in total. The van der Waals surface area contributed by atoms with E-state index in [0.717, 1.165) is 39.0 Å². The van der Waals surface area contributed by atoms with E-state index in [2.05, 4.69) is 47.9 Å². The minimum absolute atomic E-state index is 0.215. The molecule has 2 aromatic heterocycles. The Hall–Kier alpha value is -5.96. The lowest BCUT2D eigenvalue weighted by molar-refractivity contribution is 0.101. The standard InChI is InChI=1S/C43H34N4O2S2/c1-27-14-20-30(21-15-27)26-35(40-44-36(31-10-6-4-7-11-31)42(50-40)46-38(48)33-22-16-28(2)17-23-33)41-45-37(32-12-8-5-9-13-32)43(51-41)47-39(49)34-24-18-29(3)19-25-34/h4-26H,1-3H3,(H,46,48)(H,47,49). The first kappa shape index (κ1) is 33.5. The molecule has 250 valence electrons. The lowest BCUT2D eigenvalue weighted by Gasteiger charge is -2.06. The van der Waals surface area contributed by atoms with Gasteiger partial charge in [-0.05, 0) is 56.7 Å². The van der Waals surface area contributed by atoms with Crippen molar-refractivity contribution in [2.45, 2.75) is 20.8 Å². The summed E-state index contributed by atoms with van der Waals surface area (Å²) in [6, 6.07) is 42.9. The van der Waals surface area contributed by atoms with Crippen LogP contribution in [-0.2, 0) is 0 Å². The third-order valence-electron chi connectivity index (χ3n) is 8.28. The maximum Gasteiger partial charge on any atom is 0.256 e. The second-order valence-electron chi connectivity index (χ2n) is 12.2. The molecule has 0 unspecified atom stereocenters. The Morgan fingerprint density at radius 2 is 0.882 bits per heavy atom. The molecule has 0 saturated carbocycles. The number of aryl methyl sites for hydroxylation is 3. The molecule has 0 bridgehead atoms. The van der Waals surface area contributed by atoms with Crippen LogP contribution in [0.5, 0.6) is 0 Å². The molecule has 0 spiro atoms. The van der Waals surface area contributed by atoms with Crippen molar-refractivity contribution in [2.24, 2.45) is 0 Å². The van der Waals surface area contributed by atoms with Crippen molar-refractivity contribution in [1.82, 2.24) is 9.97 Å². The van der Waals surface area contributed by atoms with Crippen molar-refractivity contribution < 1.29 is 9.59 Å². The fourth-order valence-electron chi connectivity index (χ4n) is 5.43. The highest BCUT2D eigenvalue weighted by atomic mass is 32.1. The number of anilines is 2. The number of carbonyl (C=O) groups is 2. The van der Waals surface area contributed by atoms with E-state index >= 15 is 0 Å². The molecule has 2 amide bonds. The maximum atomic E-state index is 13.5. The Labute approximate surface area is 305 Å². The van der Waals surface area contributed by atoms with Gasteiger partial charge in [0.2, 0.25) is 0 Å². The summed E-state index contributed by atoms with van der Waals surface area (Å²) in [6.45, 7) is 6.04. The third-order valence-corrected chi connectivity index (χ3v) is 10.3. The van der Waals surface area contributed by atoms with Gasteiger partial charge in [-0.25, -0.2) is 9.97 Å². The van der Waals surface area contributed by atoms with Gasteiger partial charge in [-0.3, -0.25) is 9.59 Å². The van der Waals surface area contributed by atoms with E-state index in [9.17, 15) is 9.59 Å². The number of thiazole rings is 2. The van der Waals surface area contributed by atoms with Gasteiger partial charge >= 0.3 is 0 Å². The van der Waals surface area contributed by atoms with Crippen LogP contribution < -0.4 is 10.6 Å². The zero-order chi connectivity index (χ0) is 35.3. The van der Waals surface area contributed by atoms with Gasteiger partial charge in [0.1, 0.15) is 31.4 Å². The number of nitrogens with zero attached hydrogens (tertiary/aromatic N) is 2. The number of benzene rings is 5. The summed E-state index contributed by atoms with van der Waals surface area (Å²) in [6.07, 6.45) is 2.07. The zero-order valence-corrected chi connectivity index (χ0v) is 29.9. The summed E-state index contributed by atoms with van der Waals surface area (Å²) < 4.78 is 0. The van der Waals surface area contributed by atoms with Crippen LogP contribution in [-0.4, -0.2) is 21.8 Å². The second-order valence-corrected chi connectivity index (χ2v) is 14.2. The van der Waals surface area contributed by atoms with Gasteiger partial charge in [0, 0.05) is 27.8 Å². The van der Waals surface area contributed by atoms with Gasteiger partial charge in [-0.15, -0.1) is 0 Å². The molecule has 0 radical (unpaired) electrons.